The van der Waals surface area contributed by atoms with Crippen LogP contribution in [-0.2, 0) is 23.7 Å². The van der Waals surface area contributed by atoms with Crippen molar-refractivity contribution in [2.24, 2.45) is 11.8 Å². The van der Waals surface area contributed by atoms with Gasteiger partial charge in [0.05, 0.1) is 24.9 Å². The molecule has 3 fully saturated rings. The number of allylic oxidation sites excluding steroid dienone is 1. The van der Waals surface area contributed by atoms with Crippen LogP contribution in [0.2, 0.25) is 0 Å². The Morgan fingerprint density at radius 3 is 2.16 bits per heavy atom. The number of aliphatic hydroxyl groups is 8. The topological polar surface area (TPSA) is 283 Å². The summed E-state index contributed by atoms with van der Waals surface area (Å²) >= 11 is 0. The number of H-pyrrole nitrogens is 1. The number of nitrogens with one attached hydrogen (secondary N) is 2. The summed E-state index contributed by atoms with van der Waals surface area (Å²) < 4.78 is 24.2. The van der Waals surface area contributed by atoms with Gasteiger partial charge in [0.15, 0.2) is 18.8 Å². The summed E-state index contributed by atoms with van der Waals surface area (Å²) in [6.45, 7) is 5.29. The molecule has 55 heavy (non-hydrogen) atoms. The molecule has 4 heterocycles. The van der Waals surface area contributed by atoms with Crippen molar-refractivity contribution < 1.29 is 64.6 Å². The quantitative estimate of drug-likeness (QED) is 0.0574. The second-order valence-corrected chi connectivity index (χ2v) is 15.4. The lowest BCUT2D eigenvalue weighted by atomic mass is 9.90. The second kappa shape index (κ2) is 21.2. The van der Waals surface area contributed by atoms with Crippen LogP contribution in [0.25, 0.3) is 0 Å². The molecule has 3 saturated heterocycles. The number of hydrogen-bond donors (Lipinski definition) is 10. The SMILES string of the molecule is CC(C)CCCCCCCCC/C=C/C(=O)N[C@@H]1C(O)C(O)[C@@H](C[C@@H](O)[C@H]2O[C@@H](n3ccc(=O)[nH]c3=O)C(O)C2O)O[C@H]1O[C@H]1O[C@@H](CO)[C@@H](O)C(O)C1C. The highest BCUT2D eigenvalue weighted by atomic mass is 16.8. The van der Waals surface area contributed by atoms with Crippen molar-refractivity contribution in [1.29, 1.82) is 0 Å². The van der Waals surface area contributed by atoms with Crippen molar-refractivity contribution in [2.75, 3.05) is 6.61 Å². The minimum atomic E-state index is -1.76. The summed E-state index contributed by atoms with van der Waals surface area (Å²) in [6, 6.07) is -0.417. The first kappa shape index (κ1) is 45.1. The fraction of sp³-hybridized carbons (Fsp3) is 0.811. The third kappa shape index (κ3) is 12.0. The van der Waals surface area contributed by atoms with Crippen LogP contribution in [0.5, 0.6) is 0 Å². The van der Waals surface area contributed by atoms with Crippen molar-refractivity contribution in [3.05, 3.63) is 45.3 Å². The molecule has 0 aliphatic carbocycles. The summed E-state index contributed by atoms with van der Waals surface area (Å²) in [5, 5.41) is 88.3. The molecule has 0 aromatic carbocycles. The van der Waals surface area contributed by atoms with Crippen molar-refractivity contribution in [1.82, 2.24) is 14.9 Å². The molecule has 3 aliphatic heterocycles. The Morgan fingerprint density at radius 2 is 1.51 bits per heavy atom. The average molecular weight is 788 g/mol. The van der Waals surface area contributed by atoms with Gasteiger partial charge in [0.25, 0.3) is 5.56 Å². The van der Waals surface area contributed by atoms with E-state index in [-0.39, 0.29) is 0 Å². The van der Waals surface area contributed by atoms with Crippen LogP contribution >= 0.6 is 0 Å². The normalized spacial score (nSPS) is 36.1. The number of ether oxygens (including phenoxy) is 4. The number of unbranched alkanes of at least 4 members (excludes halogenated alkanes) is 7. The molecule has 4 rings (SSSR count). The molecule has 6 unspecified atom stereocenters. The standard InChI is InChI=1S/C37H61N3O15/c1-19(2)13-11-9-7-5-4-6-8-10-12-14-24(43)38-26-30(48)28(46)22(52-36(26)55-35-20(3)27(45)29(47)23(18-41)53-35)17-21(42)33-31(49)32(50)34(54-33)40-16-15-25(44)39-37(40)51/h12,14-16,19-23,26-36,41-42,45-50H,4-11,13,17-18H2,1-3H3,(H,38,43)(H,39,44,51)/b14-12+/t20?,21-,22-,23+,26-,27?,28?,29-,30?,31?,32?,33-,34-,35-,36+/m1/s1. The number of aromatic amines is 1. The lowest BCUT2D eigenvalue weighted by molar-refractivity contribution is -0.354. The second-order valence-electron chi connectivity index (χ2n) is 15.4. The zero-order chi connectivity index (χ0) is 40.4. The van der Waals surface area contributed by atoms with Gasteiger partial charge in [0, 0.05) is 24.6 Å². The Bertz CT molecular complexity index is 1470. The Hall–Kier alpha value is -2.59. The molecule has 0 spiro atoms. The van der Waals surface area contributed by atoms with Crippen LogP contribution in [0.15, 0.2) is 34.0 Å². The molecular weight excluding hydrogens is 726 g/mol. The third-order valence-corrected chi connectivity index (χ3v) is 10.6. The number of carbonyl (C=O) groups is 1. The lowest BCUT2D eigenvalue weighted by Gasteiger charge is -2.47. The minimum Gasteiger partial charge on any atom is -0.394 e. The molecule has 3 aliphatic rings. The number of aliphatic hydroxyl groups excluding tert-OH is 8. The molecule has 15 atom stereocenters. The van der Waals surface area contributed by atoms with E-state index in [1.165, 1.54) is 38.7 Å². The zero-order valence-corrected chi connectivity index (χ0v) is 31.7. The van der Waals surface area contributed by atoms with Gasteiger partial charge in [-0.3, -0.25) is 19.1 Å². The van der Waals surface area contributed by atoms with Gasteiger partial charge in [0.2, 0.25) is 5.91 Å². The molecule has 18 nitrogen and oxygen atoms in total. The predicted octanol–water partition coefficient (Wildman–Crippen LogP) is -1.35. The summed E-state index contributed by atoms with van der Waals surface area (Å²) in [5.74, 6) is -0.803. The van der Waals surface area contributed by atoms with Gasteiger partial charge >= 0.3 is 5.69 Å². The first-order valence-electron chi connectivity index (χ1n) is 19.4. The van der Waals surface area contributed by atoms with Crippen LogP contribution in [0, 0.1) is 11.8 Å². The van der Waals surface area contributed by atoms with Gasteiger partial charge < -0.3 is 65.1 Å². The van der Waals surface area contributed by atoms with Gasteiger partial charge in [-0.25, -0.2) is 4.79 Å². The molecule has 18 heteroatoms. The van der Waals surface area contributed by atoms with Crippen molar-refractivity contribution in [3.63, 3.8) is 0 Å². The Morgan fingerprint density at radius 1 is 0.873 bits per heavy atom. The van der Waals surface area contributed by atoms with Gasteiger partial charge in [-0.15, -0.1) is 0 Å². The van der Waals surface area contributed by atoms with E-state index in [1.807, 2.05) is 4.98 Å². The highest BCUT2D eigenvalue weighted by molar-refractivity contribution is 5.87. The number of carbonyl (C=O) groups excluding carboxylic acids is 1. The number of aromatic nitrogens is 2. The Balaban J connectivity index is 1.40. The van der Waals surface area contributed by atoms with Crippen LogP contribution in [0.3, 0.4) is 0 Å². The van der Waals surface area contributed by atoms with Gasteiger partial charge in [-0.05, 0) is 24.8 Å². The maximum absolute atomic E-state index is 13.0. The predicted molar refractivity (Wildman–Crippen MR) is 194 cm³/mol. The monoisotopic (exact) mass is 787 g/mol. The van der Waals surface area contributed by atoms with E-state index in [4.69, 9.17) is 18.9 Å². The molecule has 0 saturated carbocycles. The number of rotatable bonds is 19. The number of amides is 1. The summed E-state index contributed by atoms with van der Waals surface area (Å²) in [7, 11) is 0. The molecule has 1 amide bonds. The van der Waals surface area contributed by atoms with E-state index in [9.17, 15) is 55.2 Å². The molecule has 1 aromatic heterocycles. The van der Waals surface area contributed by atoms with Crippen molar-refractivity contribution in [3.8, 4) is 0 Å². The highest BCUT2D eigenvalue weighted by Gasteiger charge is 2.52. The molecule has 10 N–H and O–H groups in total. The van der Waals surface area contributed by atoms with Gasteiger partial charge in [-0.1, -0.05) is 71.8 Å². The summed E-state index contributed by atoms with van der Waals surface area (Å²) in [4.78, 5) is 38.9. The fourth-order valence-electron chi connectivity index (χ4n) is 7.24. The molecule has 0 bridgehead atoms. The zero-order valence-electron chi connectivity index (χ0n) is 31.7. The molecule has 0 radical (unpaired) electrons. The van der Waals surface area contributed by atoms with E-state index in [2.05, 4.69) is 19.2 Å². The smallest absolute Gasteiger partial charge is 0.330 e. The van der Waals surface area contributed by atoms with Crippen molar-refractivity contribution in [2.45, 2.75) is 171 Å². The Labute approximate surface area is 319 Å². The van der Waals surface area contributed by atoms with E-state index in [0.29, 0.717) is 6.42 Å². The molecular formula is C37H61N3O15. The van der Waals surface area contributed by atoms with Crippen LogP contribution in [0.4, 0.5) is 0 Å². The Kier molecular flexibility index (Phi) is 17.4. The van der Waals surface area contributed by atoms with Gasteiger partial charge in [0.1, 0.15) is 48.8 Å². The molecule has 314 valence electrons. The maximum atomic E-state index is 13.0. The van der Waals surface area contributed by atoms with E-state index in [0.717, 1.165) is 48.4 Å². The lowest BCUT2D eigenvalue weighted by Crippen LogP contribution is -2.66. The summed E-state index contributed by atoms with van der Waals surface area (Å²) in [6.07, 6.45) is -6.88. The summed E-state index contributed by atoms with van der Waals surface area (Å²) in [5.41, 5.74) is -1.64. The van der Waals surface area contributed by atoms with E-state index < -0.39 is 122 Å². The van der Waals surface area contributed by atoms with Gasteiger partial charge in [-0.2, -0.15) is 0 Å². The third-order valence-electron chi connectivity index (χ3n) is 10.6. The van der Waals surface area contributed by atoms with Crippen LogP contribution in [-0.4, -0.2) is 143 Å². The largest absolute Gasteiger partial charge is 0.394 e. The first-order valence-corrected chi connectivity index (χ1v) is 19.4. The van der Waals surface area contributed by atoms with E-state index in [1.54, 1.807) is 6.08 Å². The first-order chi connectivity index (χ1) is 26.1. The fourth-order valence-corrected chi connectivity index (χ4v) is 7.24. The number of hydrogen-bond acceptors (Lipinski definition) is 15. The highest BCUT2D eigenvalue weighted by Crippen LogP contribution is 2.35. The average Bonchev–Trinajstić information content (AvgIpc) is 3.43. The van der Waals surface area contributed by atoms with Crippen LogP contribution in [0.1, 0.15) is 91.2 Å². The van der Waals surface area contributed by atoms with Crippen molar-refractivity contribution >= 4 is 5.91 Å². The minimum absolute atomic E-state index is 0.528. The van der Waals surface area contributed by atoms with E-state index >= 15 is 0 Å². The maximum Gasteiger partial charge on any atom is 0.330 e. The van der Waals surface area contributed by atoms with Crippen LogP contribution < -0.4 is 16.6 Å². The molecule has 1 aromatic rings. The number of nitrogens with zero attached hydrogens (tertiary/aromatic N) is 1.